The van der Waals surface area contributed by atoms with Gasteiger partial charge in [0, 0.05) is 5.03 Å². The predicted octanol–water partition coefficient (Wildman–Crippen LogP) is 3.25. The van der Waals surface area contributed by atoms with Crippen LogP contribution in [0, 0.1) is 0 Å². The van der Waals surface area contributed by atoms with Crippen LogP contribution in [0.25, 0.3) is 0 Å². The Morgan fingerprint density at radius 3 is 2.47 bits per heavy atom. The standard InChI is InChI=1S/C13H12Cl2N2O2/c1-4-8(9(14)5-2)12(13(18)19-3)10-6-7-11(15)17-16-10/h4-7,12H,1-2H2,3H3. The Balaban J connectivity index is 3.37. The maximum atomic E-state index is 11.9. The lowest BCUT2D eigenvalue weighted by Gasteiger charge is -2.15. The SMILES string of the molecule is C=CC(Cl)=C(C=C)C(C(=O)OC)c1ccc(Cl)nn1. The van der Waals surface area contributed by atoms with Gasteiger partial charge < -0.3 is 4.74 Å². The summed E-state index contributed by atoms with van der Waals surface area (Å²) in [5.74, 6) is -1.34. The average molecular weight is 299 g/mol. The van der Waals surface area contributed by atoms with Crippen LogP contribution in [0.2, 0.25) is 5.15 Å². The number of halogens is 2. The number of esters is 1. The molecule has 0 radical (unpaired) electrons. The molecule has 0 fully saturated rings. The van der Waals surface area contributed by atoms with Crippen LogP contribution in [0.3, 0.4) is 0 Å². The van der Waals surface area contributed by atoms with Crippen LogP contribution >= 0.6 is 23.2 Å². The number of carbonyl (C=O) groups excluding carboxylic acids is 1. The molecular formula is C13H12Cl2N2O2. The molecule has 4 nitrogen and oxygen atoms in total. The van der Waals surface area contributed by atoms with Crippen LogP contribution in [-0.2, 0) is 9.53 Å². The van der Waals surface area contributed by atoms with Crippen molar-refractivity contribution in [3.8, 4) is 0 Å². The Labute approximate surface area is 121 Å². The van der Waals surface area contributed by atoms with Crippen molar-refractivity contribution < 1.29 is 9.53 Å². The van der Waals surface area contributed by atoms with Gasteiger partial charge >= 0.3 is 5.97 Å². The summed E-state index contributed by atoms with van der Waals surface area (Å²) in [7, 11) is 1.28. The fourth-order valence-corrected chi connectivity index (χ4v) is 1.76. The van der Waals surface area contributed by atoms with E-state index in [1.165, 1.54) is 25.3 Å². The van der Waals surface area contributed by atoms with Gasteiger partial charge in [-0.05, 0) is 17.7 Å². The number of aromatic nitrogens is 2. The van der Waals surface area contributed by atoms with Gasteiger partial charge in [0.25, 0.3) is 0 Å². The van der Waals surface area contributed by atoms with Gasteiger partial charge in [-0.15, -0.1) is 5.10 Å². The van der Waals surface area contributed by atoms with E-state index in [4.69, 9.17) is 27.9 Å². The van der Waals surface area contributed by atoms with Crippen molar-refractivity contribution in [3.05, 3.63) is 58.9 Å². The van der Waals surface area contributed by atoms with Crippen LogP contribution in [0.5, 0.6) is 0 Å². The quantitative estimate of drug-likeness (QED) is 0.618. The van der Waals surface area contributed by atoms with Crippen LogP contribution in [-0.4, -0.2) is 23.3 Å². The smallest absolute Gasteiger partial charge is 0.319 e. The highest BCUT2D eigenvalue weighted by atomic mass is 35.5. The lowest BCUT2D eigenvalue weighted by molar-refractivity contribution is -0.141. The Morgan fingerprint density at radius 2 is 2.05 bits per heavy atom. The third kappa shape index (κ3) is 3.66. The first-order chi connectivity index (χ1) is 9.04. The lowest BCUT2D eigenvalue weighted by Crippen LogP contribution is -2.18. The largest absolute Gasteiger partial charge is 0.468 e. The molecule has 0 saturated carbocycles. The van der Waals surface area contributed by atoms with Crippen molar-refractivity contribution in [2.24, 2.45) is 0 Å². The van der Waals surface area contributed by atoms with E-state index in [9.17, 15) is 4.79 Å². The van der Waals surface area contributed by atoms with Crippen molar-refractivity contribution >= 4 is 29.2 Å². The van der Waals surface area contributed by atoms with E-state index in [1.54, 1.807) is 6.07 Å². The summed E-state index contributed by atoms with van der Waals surface area (Å²) in [6, 6.07) is 3.11. The summed E-state index contributed by atoms with van der Waals surface area (Å²) in [6.45, 7) is 7.20. The molecule has 1 heterocycles. The number of ether oxygens (including phenoxy) is 1. The molecule has 0 aliphatic rings. The highest BCUT2D eigenvalue weighted by Gasteiger charge is 2.27. The van der Waals surface area contributed by atoms with E-state index >= 15 is 0 Å². The Kier molecular flexibility index (Phi) is 5.73. The number of rotatable bonds is 5. The van der Waals surface area contributed by atoms with E-state index < -0.39 is 11.9 Å². The van der Waals surface area contributed by atoms with Crippen LogP contribution in [0.15, 0.2) is 48.0 Å². The average Bonchev–Trinajstić information content (AvgIpc) is 2.44. The highest BCUT2D eigenvalue weighted by Crippen LogP contribution is 2.29. The topological polar surface area (TPSA) is 52.1 Å². The maximum absolute atomic E-state index is 11.9. The second-order valence-electron chi connectivity index (χ2n) is 3.45. The fourth-order valence-electron chi connectivity index (χ4n) is 1.48. The molecule has 0 amide bonds. The second kappa shape index (κ2) is 7.07. The van der Waals surface area contributed by atoms with Gasteiger partial charge in [-0.2, -0.15) is 5.10 Å². The van der Waals surface area contributed by atoms with E-state index in [0.29, 0.717) is 16.3 Å². The summed E-state index contributed by atoms with van der Waals surface area (Å²) >= 11 is 11.7. The third-order valence-electron chi connectivity index (χ3n) is 2.37. The second-order valence-corrected chi connectivity index (χ2v) is 4.24. The summed E-state index contributed by atoms with van der Waals surface area (Å²) in [6.07, 6.45) is 2.87. The molecule has 0 bridgehead atoms. The number of hydrogen-bond acceptors (Lipinski definition) is 4. The molecule has 0 aliphatic heterocycles. The molecule has 19 heavy (non-hydrogen) atoms. The normalized spacial score (nSPS) is 13.2. The number of hydrogen-bond donors (Lipinski definition) is 0. The van der Waals surface area contributed by atoms with Crippen LogP contribution < -0.4 is 0 Å². The van der Waals surface area contributed by atoms with Gasteiger partial charge in [-0.25, -0.2) is 0 Å². The zero-order chi connectivity index (χ0) is 14.4. The molecule has 6 heteroatoms. The van der Waals surface area contributed by atoms with Gasteiger partial charge in [0.05, 0.1) is 12.8 Å². The maximum Gasteiger partial charge on any atom is 0.319 e. The zero-order valence-electron chi connectivity index (χ0n) is 10.3. The van der Waals surface area contributed by atoms with Crippen LogP contribution in [0.1, 0.15) is 11.6 Å². The Hall–Kier alpha value is -1.65. The molecule has 1 atom stereocenters. The van der Waals surface area contributed by atoms with Crippen molar-refractivity contribution in [1.29, 1.82) is 0 Å². The van der Waals surface area contributed by atoms with Gasteiger partial charge in [0.1, 0.15) is 5.92 Å². The summed E-state index contributed by atoms with van der Waals surface area (Å²) < 4.78 is 4.76. The first-order valence-electron chi connectivity index (χ1n) is 5.26. The molecule has 0 aromatic carbocycles. The van der Waals surface area contributed by atoms with Crippen molar-refractivity contribution in [2.45, 2.75) is 5.92 Å². The van der Waals surface area contributed by atoms with E-state index in [0.717, 1.165) is 0 Å². The van der Waals surface area contributed by atoms with Gasteiger partial charge in [-0.3, -0.25) is 4.79 Å². The van der Waals surface area contributed by atoms with Crippen molar-refractivity contribution in [3.63, 3.8) is 0 Å². The minimum Gasteiger partial charge on any atom is -0.468 e. The molecule has 100 valence electrons. The minimum absolute atomic E-state index is 0.228. The molecule has 0 spiro atoms. The van der Waals surface area contributed by atoms with Crippen molar-refractivity contribution in [1.82, 2.24) is 10.2 Å². The molecule has 1 unspecified atom stereocenters. The summed E-state index contributed by atoms with van der Waals surface area (Å²) in [4.78, 5) is 11.9. The summed E-state index contributed by atoms with van der Waals surface area (Å²) in [5.41, 5.74) is 0.811. The Bertz CT molecular complexity index is 524. The highest BCUT2D eigenvalue weighted by molar-refractivity contribution is 6.32. The van der Waals surface area contributed by atoms with E-state index in [-0.39, 0.29) is 5.15 Å². The molecule has 0 aliphatic carbocycles. The zero-order valence-corrected chi connectivity index (χ0v) is 11.8. The molecule has 1 aromatic heterocycles. The molecular weight excluding hydrogens is 287 g/mol. The third-order valence-corrected chi connectivity index (χ3v) is 2.95. The number of carbonyl (C=O) groups is 1. The molecule has 0 saturated heterocycles. The van der Waals surface area contributed by atoms with E-state index in [2.05, 4.69) is 23.4 Å². The van der Waals surface area contributed by atoms with Gasteiger partial charge in [0.2, 0.25) is 0 Å². The predicted molar refractivity (Wildman–Crippen MR) is 75.1 cm³/mol. The number of methoxy groups -OCH3 is 1. The molecule has 0 N–H and O–H groups in total. The monoisotopic (exact) mass is 298 g/mol. The molecule has 1 aromatic rings. The summed E-state index contributed by atoms with van der Waals surface area (Å²) in [5, 5.41) is 8.10. The number of allylic oxidation sites excluding steroid dienone is 3. The first-order valence-corrected chi connectivity index (χ1v) is 6.02. The lowest BCUT2D eigenvalue weighted by atomic mass is 9.94. The molecule has 1 rings (SSSR count). The first kappa shape index (κ1) is 15.4. The Morgan fingerprint density at radius 1 is 1.37 bits per heavy atom. The van der Waals surface area contributed by atoms with Crippen LogP contribution in [0.4, 0.5) is 0 Å². The fraction of sp³-hybridized carbons (Fsp3) is 0.154. The van der Waals surface area contributed by atoms with Gasteiger partial charge in [0.15, 0.2) is 5.15 Å². The minimum atomic E-state index is -0.822. The van der Waals surface area contributed by atoms with E-state index in [1.807, 2.05) is 0 Å². The van der Waals surface area contributed by atoms with Crippen molar-refractivity contribution in [2.75, 3.05) is 7.11 Å². The number of nitrogens with zero attached hydrogens (tertiary/aromatic N) is 2. The van der Waals surface area contributed by atoms with Gasteiger partial charge in [-0.1, -0.05) is 48.5 Å².